The quantitative estimate of drug-likeness (QED) is 0.411. The molecule has 0 amide bonds. The predicted molar refractivity (Wildman–Crippen MR) is 106 cm³/mol. The number of aromatic nitrogens is 4. The Hall–Kier alpha value is -3.02. The number of thiazole rings is 1. The van der Waals surface area contributed by atoms with Gasteiger partial charge in [0.2, 0.25) is 0 Å². The van der Waals surface area contributed by atoms with E-state index in [2.05, 4.69) is 35.7 Å². The maximum Gasteiger partial charge on any atom is 0.434 e. The molecule has 3 rings (SSSR count). The lowest BCUT2D eigenvalue weighted by Crippen LogP contribution is -2.38. The molecule has 0 aliphatic carbocycles. The summed E-state index contributed by atoms with van der Waals surface area (Å²) in [4.78, 5) is 16.4. The van der Waals surface area contributed by atoms with Gasteiger partial charge in [0, 0.05) is 44.1 Å². The molecule has 3 aromatic heterocycles. The molecule has 12 heteroatoms. The number of aliphatic imine (C=N–C) groups is 1. The van der Waals surface area contributed by atoms with E-state index in [0.717, 1.165) is 16.7 Å². The second kappa shape index (κ2) is 10.1. The van der Waals surface area contributed by atoms with E-state index in [0.29, 0.717) is 60.9 Å². The number of alkyl halides is 3. The Kier molecular flexibility index (Phi) is 7.33. The van der Waals surface area contributed by atoms with Crippen LogP contribution in [0.3, 0.4) is 0 Å². The first-order valence-electron chi connectivity index (χ1n) is 9.23. The molecule has 3 aromatic rings. The van der Waals surface area contributed by atoms with Crippen LogP contribution in [0.15, 0.2) is 39.3 Å². The van der Waals surface area contributed by atoms with Crippen molar-refractivity contribution in [3.63, 3.8) is 0 Å². The Labute approximate surface area is 174 Å². The number of hydrogen-bond acceptors (Lipinski definition) is 7. The number of nitrogens with one attached hydrogen (secondary N) is 2. The van der Waals surface area contributed by atoms with Gasteiger partial charge in [-0.25, -0.2) is 4.98 Å². The molecular weight excluding hydrogens is 419 g/mol. The molecule has 30 heavy (non-hydrogen) atoms. The lowest BCUT2D eigenvalue weighted by molar-refractivity contribution is -0.140. The van der Waals surface area contributed by atoms with Crippen LogP contribution >= 0.6 is 11.3 Å². The zero-order chi connectivity index (χ0) is 21.4. The molecule has 0 fully saturated rings. The summed E-state index contributed by atoms with van der Waals surface area (Å²) in [5.41, 5.74) is -0.253. The standard InChI is InChI=1S/C18H20F3N7OS/c1-2-22-17(25-10-7-15-26-13(11-30-15)18(19,20)21)24-9-6-14-27-16(29-28-14)12-5-3-4-8-23-12/h3-5,8,11H,2,6-7,9-10H2,1H3,(H2,22,24,25). The number of rotatable bonds is 8. The summed E-state index contributed by atoms with van der Waals surface area (Å²) >= 11 is 0.984. The van der Waals surface area contributed by atoms with Gasteiger partial charge in [0.1, 0.15) is 5.69 Å². The minimum Gasteiger partial charge on any atom is -0.357 e. The maximum absolute atomic E-state index is 12.6. The van der Waals surface area contributed by atoms with E-state index in [1.165, 1.54) is 0 Å². The third-order valence-electron chi connectivity index (χ3n) is 3.78. The van der Waals surface area contributed by atoms with E-state index < -0.39 is 11.9 Å². The second-order valence-corrected chi connectivity index (χ2v) is 6.99. The van der Waals surface area contributed by atoms with E-state index >= 15 is 0 Å². The first-order chi connectivity index (χ1) is 14.5. The van der Waals surface area contributed by atoms with Crippen molar-refractivity contribution < 1.29 is 17.7 Å². The van der Waals surface area contributed by atoms with Crippen molar-refractivity contribution in [2.24, 2.45) is 4.99 Å². The first kappa shape index (κ1) is 21.7. The van der Waals surface area contributed by atoms with Gasteiger partial charge < -0.3 is 15.2 Å². The molecule has 0 spiro atoms. The minimum absolute atomic E-state index is 0.312. The van der Waals surface area contributed by atoms with E-state index in [-0.39, 0.29) is 0 Å². The Morgan fingerprint density at radius 1 is 1.20 bits per heavy atom. The van der Waals surface area contributed by atoms with E-state index in [1.54, 1.807) is 18.3 Å². The lowest BCUT2D eigenvalue weighted by atomic mass is 10.3. The Morgan fingerprint density at radius 3 is 2.77 bits per heavy atom. The molecule has 2 N–H and O–H groups in total. The van der Waals surface area contributed by atoms with Crippen LogP contribution in [0.5, 0.6) is 0 Å². The molecule has 0 aliphatic rings. The van der Waals surface area contributed by atoms with Crippen LogP contribution in [0.4, 0.5) is 13.2 Å². The van der Waals surface area contributed by atoms with Crippen LogP contribution in [0.2, 0.25) is 0 Å². The number of guanidine groups is 1. The average molecular weight is 439 g/mol. The van der Waals surface area contributed by atoms with Gasteiger partial charge in [-0.3, -0.25) is 9.98 Å². The van der Waals surface area contributed by atoms with Crippen molar-refractivity contribution >= 4 is 17.3 Å². The van der Waals surface area contributed by atoms with Crippen molar-refractivity contribution in [3.8, 4) is 11.6 Å². The zero-order valence-corrected chi connectivity index (χ0v) is 16.9. The fourth-order valence-corrected chi connectivity index (χ4v) is 3.20. The molecule has 0 unspecified atom stereocenters. The van der Waals surface area contributed by atoms with Gasteiger partial charge in [-0.15, -0.1) is 11.3 Å². The summed E-state index contributed by atoms with van der Waals surface area (Å²) in [6.07, 6.45) is -1.94. The summed E-state index contributed by atoms with van der Waals surface area (Å²) < 4.78 is 43.0. The number of nitrogens with zero attached hydrogens (tertiary/aromatic N) is 5. The SMILES string of the molecule is CCNC(=NCCc1nc(C(F)(F)F)cs1)NCCc1noc(-c2ccccn2)n1. The van der Waals surface area contributed by atoms with E-state index in [9.17, 15) is 13.2 Å². The fourth-order valence-electron chi connectivity index (χ4n) is 2.40. The van der Waals surface area contributed by atoms with Gasteiger partial charge in [-0.1, -0.05) is 11.2 Å². The van der Waals surface area contributed by atoms with Gasteiger partial charge in [0.05, 0.1) is 5.01 Å². The normalized spacial score (nSPS) is 12.2. The van der Waals surface area contributed by atoms with Gasteiger partial charge >= 0.3 is 6.18 Å². The smallest absolute Gasteiger partial charge is 0.357 e. The molecule has 0 radical (unpaired) electrons. The zero-order valence-electron chi connectivity index (χ0n) is 16.1. The third-order valence-corrected chi connectivity index (χ3v) is 4.68. The van der Waals surface area contributed by atoms with Gasteiger partial charge in [-0.2, -0.15) is 18.2 Å². The van der Waals surface area contributed by atoms with Crippen molar-refractivity contribution in [2.45, 2.75) is 25.9 Å². The second-order valence-electron chi connectivity index (χ2n) is 6.04. The summed E-state index contributed by atoms with van der Waals surface area (Å²) in [7, 11) is 0. The number of halogens is 3. The highest BCUT2D eigenvalue weighted by molar-refractivity contribution is 7.09. The Bertz CT molecular complexity index is 956. The summed E-state index contributed by atoms with van der Waals surface area (Å²) in [5.74, 6) is 1.44. The molecule has 0 saturated carbocycles. The van der Waals surface area contributed by atoms with Crippen LogP contribution in [-0.4, -0.2) is 45.7 Å². The number of hydrogen-bond donors (Lipinski definition) is 2. The highest BCUT2D eigenvalue weighted by Crippen LogP contribution is 2.30. The molecule has 0 saturated heterocycles. The van der Waals surface area contributed by atoms with Crippen LogP contribution in [0.1, 0.15) is 23.4 Å². The van der Waals surface area contributed by atoms with Crippen molar-refractivity contribution in [2.75, 3.05) is 19.6 Å². The van der Waals surface area contributed by atoms with Crippen LogP contribution in [0.25, 0.3) is 11.6 Å². The van der Waals surface area contributed by atoms with Gasteiger partial charge in [-0.05, 0) is 19.1 Å². The highest BCUT2D eigenvalue weighted by Gasteiger charge is 2.33. The molecule has 160 valence electrons. The first-order valence-corrected chi connectivity index (χ1v) is 10.1. The molecule has 0 aliphatic heterocycles. The Morgan fingerprint density at radius 2 is 2.07 bits per heavy atom. The fraction of sp³-hybridized carbons (Fsp3) is 0.389. The maximum atomic E-state index is 12.6. The van der Waals surface area contributed by atoms with Crippen LogP contribution in [-0.2, 0) is 19.0 Å². The highest BCUT2D eigenvalue weighted by atomic mass is 32.1. The van der Waals surface area contributed by atoms with Crippen LogP contribution in [0, 0.1) is 0 Å². The minimum atomic E-state index is -4.42. The van der Waals surface area contributed by atoms with E-state index in [1.807, 2.05) is 13.0 Å². The summed E-state index contributed by atoms with van der Waals surface area (Å²) in [5, 5.41) is 11.6. The molecule has 0 atom stereocenters. The van der Waals surface area contributed by atoms with Crippen molar-refractivity contribution in [1.29, 1.82) is 0 Å². The van der Waals surface area contributed by atoms with Crippen molar-refractivity contribution in [1.82, 2.24) is 30.7 Å². The van der Waals surface area contributed by atoms with Crippen molar-refractivity contribution in [3.05, 3.63) is 46.3 Å². The molecule has 0 bridgehead atoms. The molecule has 3 heterocycles. The topological polar surface area (TPSA) is 101 Å². The molecule has 0 aromatic carbocycles. The lowest BCUT2D eigenvalue weighted by Gasteiger charge is -2.10. The summed E-state index contributed by atoms with van der Waals surface area (Å²) in [6.45, 7) is 3.38. The largest absolute Gasteiger partial charge is 0.434 e. The average Bonchev–Trinajstić information content (AvgIpc) is 3.38. The summed E-state index contributed by atoms with van der Waals surface area (Å²) in [6, 6.07) is 5.42. The van der Waals surface area contributed by atoms with Crippen LogP contribution < -0.4 is 10.6 Å². The van der Waals surface area contributed by atoms with E-state index in [4.69, 9.17) is 4.52 Å². The predicted octanol–water partition coefficient (Wildman–Crippen LogP) is 2.95. The van der Waals surface area contributed by atoms with Gasteiger partial charge in [0.15, 0.2) is 17.5 Å². The Balaban J connectivity index is 1.48. The molecular formula is C18H20F3N7OS. The third kappa shape index (κ3) is 6.24. The number of pyridine rings is 1. The molecule has 8 nitrogen and oxygen atoms in total. The van der Waals surface area contributed by atoms with Gasteiger partial charge in [0.25, 0.3) is 5.89 Å². The monoisotopic (exact) mass is 439 g/mol.